The van der Waals surface area contributed by atoms with Crippen LogP contribution in [0.25, 0.3) is 0 Å². The minimum Gasteiger partial charge on any atom is -0.481 e. The number of carboxylic acid groups (broad SMARTS) is 1. The Morgan fingerprint density at radius 1 is 1.59 bits per heavy atom. The Kier molecular flexibility index (Phi) is 5.73. The van der Waals surface area contributed by atoms with E-state index in [4.69, 9.17) is 28.3 Å². The summed E-state index contributed by atoms with van der Waals surface area (Å²) < 4.78 is 1.34. The fourth-order valence-corrected chi connectivity index (χ4v) is 3.33. The standard InChI is InChI=1S/C11H15Cl2NO2S/c1-3-14(5-4-10(15)16)7(2)8-6-9(12)17-11(8)13/h6-7H,3-5H2,1-2H3,(H,15,16). The highest BCUT2D eigenvalue weighted by atomic mass is 35.5. The number of halogens is 2. The van der Waals surface area contributed by atoms with Crippen LogP contribution in [-0.4, -0.2) is 29.1 Å². The zero-order chi connectivity index (χ0) is 13.0. The molecule has 0 aliphatic carbocycles. The van der Waals surface area contributed by atoms with Gasteiger partial charge < -0.3 is 5.11 Å². The minimum atomic E-state index is -0.787. The molecule has 1 N–H and O–H groups in total. The molecule has 3 nitrogen and oxygen atoms in total. The van der Waals surface area contributed by atoms with Crippen molar-refractivity contribution < 1.29 is 9.90 Å². The van der Waals surface area contributed by atoms with Crippen LogP contribution < -0.4 is 0 Å². The number of rotatable bonds is 6. The Bertz CT molecular complexity index is 395. The molecule has 0 aliphatic heterocycles. The van der Waals surface area contributed by atoms with Gasteiger partial charge in [-0.1, -0.05) is 30.1 Å². The fraction of sp³-hybridized carbons (Fsp3) is 0.545. The van der Waals surface area contributed by atoms with Crippen LogP contribution in [0.3, 0.4) is 0 Å². The largest absolute Gasteiger partial charge is 0.481 e. The predicted molar refractivity (Wildman–Crippen MR) is 72.3 cm³/mol. The van der Waals surface area contributed by atoms with Gasteiger partial charge in [-0.15, -0.1) is 11.3 Å². The lowest BCUT2D eigenvalue weighted by Crippen LogP contribution is -2.29. The Morgan fingerprint density at radius 2 is 2.24 bits per heavy atom. The number of hydrogen-bond acceptors (Lipinski definition) is 3. The average Bonchev–Trinajstić information content (AvgIpc) is 2.58. The van der Waals surface area contributed by atoms with E-state index in [0.717, 1.165) is 12.1 Å². The van der Waals surface area contributed by atoms with E-state index in [1.54, 1.807) is 0 Å². The van der Waals surface area contributed by atoms with Crippen LogP contribution in [-0.2, 0) is 4.79 Å². The van der Waals surface area contributed by atoms with Gasteiger partial charge in [-0.25, -0.2) is 0 Å². The number of carbonyl (C=O) groups is 1. The van der Waals surface area contributed by atoms with Crippen molar-refractivity contribution in [3.05, 3.63) is 20.3 Å². The van der Waals surface area contributed by atoms with Crippen LogP contribution in [0.2, 0.25) is 8.67 Å². The SMILES string of the molecule is CCN(CCC(=O)O)C(C)c1cc(Cl)sc1Cl. The summed E-state index contributed by atoms with van der Waals surface area (Å²) in [5, 5.41) is 8.70. The third-order valence-electron chi connectivity index (χ3n) is 2.70. The van der Waals surface area contributed by atoms with E-state index < -0.39 is 5.97 Å². The topological polar surface area (TPSA) is 40.5 Å². The van der Waals surface area contributed by atoms with Gasteiger partial charge in [0.05, 0.1) is 15.1 Å². The molecule has 17 heavy (non-hydrogen) atoms. The van der Waals surface area contributed by atoms with Gasteiger partial charge in [0.1, 0.15) is 0 Å². The molecule has 1 rings (SSSR count). The predicted octanol–water partition coefficient (Wildman–Crippen LogP) is 3.91. The van der Waals surface area contributed by atoms with Crippen molar-refractivity contribution in [1.82, 2.24) is 4.90 Å². The van der Waals surface area contributed by atoms with Gasteiger partial charge >= 0.3 is 5.97 Å². The van der Waals surface area contributed by atoms with E-state index >= 15 is 0 Å². The second-order valence-corrected chi connectivity index (χ2v) is 6.01. The molecule has 0 saturated carbocycles. The summed E-state index contributed by atoms with van der Waals surface area (Å²) in [5.41, 5.74) is 0.967. The van der Waals surface area contributed by atoms with Gasteiger partial charge in [0.25, 0.3) is 0 Å². The van der Waals surface area contributed by atoms with Gasteiger partial charge in [0, 0.05) is 18.2 Å². The highest BCUT2D eigenvalue weighted by molar-refractivity contribution is 7.20. The first-order valence-corrected chi connectivity index (χ1v) is 6.93. The molecule has 0 aliphatic rings. The van der Waals surface area contributed by atoms with E-state index in [9.17, 15) is 4.79 Å². The van der Waals surface area contributed by atoms with Crippen LogP contribution in [0.1, 0.15) is 31.9 Å². The lowest BCUT2D eigenvalue weighted by Gasteiger charge is -2.27. The second-order valence-electron chi connectivity index (χ2n) is 3.73. The van der Waals surface area contributed by atoms with E-state index in [0.29, 0.717) is 15.2 Å². The molecule has 0 fully saturated rings. The lowest BCUT2D eigenvalue weighted by molar-refractivity contribution is -0.137. The Morgan fingerprint density at radius 3 is 2.65 bits per heavy atom. The monoisotopic (exact) mass is 295 g/mol. The summed E-state index contributed by atoms with van der Waals surface area (Å²) in [6.45, 7) is 5.30. The molecular weight excluding hydrogens is 281 g/mol. The highest BCUT2D eigenvalue weighted by Gasteiger charge is 2.19. The van der Waals surface area contributed by atoms with Crippen LogP contribution >= 0.6 is 34.5 Å². The van der Waals surface area contributed by atoms with Crippen molar-refractivity contribution in [3.8, 4) is 0 Å². The number of nitrogens with zero attached hydrogens (tertiary/aromatic N) is 1. The summed E-state index contributed by atoms with van der Waals surface area (Å²) in [5.74, 6) is -0.787. The molecule has 1 aromatic rings. The van der Waals surface area contributed by atoms with Gasteiger partial charge in [-0.05, 0) is 19.5 Å². The number of thiophene rings is 1. The van der Waals surface area contributed by atoms with Crippen LogP contribution in [0.4, 0.5) is 0 Å². The molecule has 6 heteroatoms. The Balaban J connectivity index is 2.74. The number of aliphatic carboxylic acids is 1. The molecule has 96 valence electrons. The van der Waals surface area contributed by atoms with Gasteiger partial charge in [-0.3, -0.25) is 9.69 Å². The van der Waals surface area contributed by atoms with E-state index in [2.05, 4.69) is 4.90 Å². The van der Waals surface area contributed by atoms with Crippen molar-refractivity contribution in [1.29, 1.82) is 0 Å². The highest BCUT2D eigenvalue weighted by Crippen LogP contribution is 2.36. The average molecular weight is 296 g/mol. The van der Waals surface area contributed by atoms with Crippen LogP contribution in [0.5, 0.6) is 0 Å². The Labute approximate surface area is 115 Å². The van der Waals surface area contributed by atoms with Gasteiger partial charge in [0.2, 0.25) is 0 Å². The maximum atomic E-state index is 10.6. The molecule has 1 heterocycles. The molecule has 1 unspecified atom stereocenters. The molecule has 0 saturated heterocycles. The maximum absolute atomic E-state index is 10.6. The van der Waals surface area contributed by atoms with Crippen molar-refractivity contribution in [2.75, 3.05) is 13.1 Å². The smallest absolute Gasteiger partial charge is 0.304 e. The summed E-state index contributed by atoms with van der Waals surface area (Å²) >= 11 is 13.3. The molecule has 1 atom stereocenters. The molecule has 0 radical (unpaired) electrons. The first kappa shape index (κ1) is 14.8. The zero-order valence-electron chi connectivity index (χ0n) is 9.74. The third kappa shape index (κ3) is 4.14. The normalized spacial score (nSPS) is 13.0. The van der Waals surface area contributed by atoms with E-state index in [1.165, 1.54) is 11.3 Å². The molecule has 0 spiro atoms. The maximum Gasteiger partial charge on any atom is 0.304 e. The van der Waals surface area contributed by atoms with Crippen molar-refractivity contribution in [2.24, 2.45) is 0 Å². The first-order chi connectivity index (χ1) is 7.95. The molecule has 1 aromatic heterocycles. The van der Waals surface area contributed by atoms with E-state index in [-0.39, 0.29) is 12.5 Å². The van der Waals surface area contributed by atoms with Crippen molar-refractivity contribution in [2.45, 2.75) is 26.3 Å². The molecule has 0 bridgehead atoms. The zero-order valence-corrected chi connectivity index (χ0v) is 12.1. The third-order valence-corrected chi connectivity index (χ3v) is 4.22. The molecule has 0 amide bonds. The number of carboxylic acids is 1. The van der Waals surface area contributed by atoms with Gasteiger partial charge in [-0.2, -0.15) is 0 Å². The Hall–Kier alpha value is -0.290. The summed E-state index contributed by atoms with van der Waals surface area (Å²) in [7, 11) is 0. The summed E-state index contributed by atoms with van der Waals surface area (Å²) in [6, 6.07) is 1.93. The van der Waals surface area contributed by atoms with Crippen molar-refractivity contribution in [3.63, 3.8) is 0 Å². The lowest BCUT2D eigenvalue weighted by atomic mass is 10.1. The number of hydrogen-bond donors (Lipinski definition) is 1. The van der Waals surface area contributed by atoms with E-state index in [1.807, 2.05) is 19.9 Å². The molecular formula is C11H15Cl2NO2S. The minimum absolute atomic E-state index is 0.0793. The second kappa shape index (κ2) is 6.59. The van der Waals surface area contributed by atoms with Crippen LogP contribution in [0, 0.1) is 0 Å². The fourth-order valence-electron chi connectivity index (χ4n) is 1.70. The summed E-state index contributed by atoms with van der Waals surface area (Å²) in [4.78, 5) is 12.6. The van der Waals surface area contributed by atoms with Gasteiger partial charge in [0.15, 0.2) is 0 Å². The quantitative estimate of drug-likeness (QED) is 0.865. The van der Waals surface area contributed by atoms with Crippen LogP contribution in [0.15, 0.2) is 6.07 Å². The summed E-state index contributed by atoms with van der Waals surface area (Å²) in [6.07, 6.45) is 0.133. The first-order valence-electron chi connectivity index (χ1n) is 5.36. The van der Waals surface area contributed by atoms with Crippen molar-refractivity contribution >= 4 is 40.5 Å². The molecule has 0 aromatic carbocycles.